The van der Waals surface area contributed by atoms with E-state index >= 15 is 0 Å². The van der Waals surface area contributed by atoms with Crippen LogP contribution in [0.25, 0.3) is 0 Å². The second kappa shape index (κ2) is 4.97. The van der Waals surface area contributed by atoms with Crippen molar-refractivity contribution in [3.63, 3.8) is 0 Å². The molecule has 1 nitrogen and oxygen atoms in total. The van der Waals surface area contributed by atoms with Crippen LogP contribution >= 0.6 is 0 Å². The lowest BCUT2D eigenvalue weighted by atomic mass is 9.95. The number of aryl methyl sites for hydroxylation is 1. The lowest BCUT2D eigenvalue weighted by Gasteiger charge is -2.15. The van der Waals surface area contributed by atoms with Gasteiger partial charge in [-0.25, -0.2) is 0 Å². The maximum Gasteiger partial charge on any atom is 0.0300 e. The molecule has 0 saturated carbocycles. The largest absolute Gasteiger partial charge is 0.324 e. The van der Waals surface area contributed by atoms with E-state index in [-0.39, 0.29) is 6.04 Å². The van der Waals surface area contributed by atoms with Crippen LogP contribution in [0.5, 0.6) is 0 Å². The van der Waals surface area contributed by atoms with E-state index in [0.717, 1.165) is 12.8 Å². The average molecular weight is 189 g/mol. The predicted octanol–water partition coefficient (Wildman–Crippen LogP) is 3.27. The maximum absolute atomic E-state index is 6.10. The Bertz CT molecular complexity index is 315. The molecule has 0 aromatic heterocycles. The standard InChI is InChI=1S/C13H19N/c1-4-5-9-13(14)12-8-6-7-10(2)11(12)3/h4,6-8,13H,1,5,9,14H2,2-3H3/t13-/m1/s1. The fraction of sp³-hybridized carbons (Fsp3) is 0.385. The molecule has 0 aliphatic carbocycles. The van der Waals surface area contributed by atoms with Crippen LogP contribution in [0.4, 0.5) is 0 Å². The van der Waals surface area contributed by atoms with Crippen molar-refractivity contribution >= 4 is 0 Å². The average Bonchev–Trinajstić information content (AvgIpc) is 2.18. The Hall–Kier alpha value is -1.08. The van der Waals surface area contributed by atoms with Gasteiger partial charge in [-0.15, -0.1) is 6.58 Å². The van der Waals surface area contributed by atoms with Gasteiger partial charge >= 0.3 is 0 Å². The second-order valence-corrected chi connectivity index (χ2v) is 3.76. The molecule has 0 aliphatic rings. The van der Waals surface area contributed by atoms with Gasteiger partial charge in [0, 0.05) is 6.04 Å². The van der Waals surface area contributed by atoms with Crippen LogP contribution in [-0.2, 0) is 0 Å². The summed E-state index contributed by atoms with van der Waals surface area (Å²) in [6.45, 7) is 7.97. The minimum Gasteiger partial charge on any atom is -0.324 e. The van der Waals surface area contributed by atoms with Gasteiger partial charge in [0.1, 0.15) is 0 Å². The molecule has 1 atom stereocenters. The molecule has 1 rings (SSSR count). The van der Waals surface area contributed by atoms with Gasteiger partial charge in [-0.05, 0) is 43.4 Å². The van der Waals surface area contributed by atoms with Crippen molar-refractivity contribution in [3.8, 4) is 0 Å². The van der Waals surface area contributed by atoms with Gasteiger partial charge in [-0.3, -0.25) is 0 Å². The predicted molar refractivity (Wildman–Crippen MR) is 62.3 cm³/mol. The Labute approximate surface area is 86.6 Å². The van der Waals surface area contributed by atoms with Crippen molar-refractivity contribution < 1.29 is 0 Å². The van der Waals surface area contributed by atoms with E-state index in [9.17, 15) is 0 Å². The molecule has 0 bridgehead atoms. The second-order valence-electron chi connectivity index (χ2n) is 3.76. The van der Waals surface area contributed by atoms with E-state index in [1.54, 1.807) is 0 Å². The van der Waals surface area contributed by atoms with Crippen LogP contribution in [0.15, 0.2) is 30.9 Å². The molecule has 2 N–H and O–H groups in total. The lowest BCUT2D eigenvalue weighted by molar-refractivity contribution is 0.657. The molecule has 0 spiro atoms. The lowest BCUT2D eigenvalue weighted by Crippen LogP contribution is -2.11. The van der Waals surface area contributed by atoms with Crippen molar-refractivity contribution in [2.75, 3.05) is 0 Å². The maximum atomic E-state index is 6.10. The highest BCUT2D eigenvalue weighted by Gasteiger charge is 2.08. The Morgan fingerprint density at radius 2 is 2.14 bits per heavy atom. The molecule has 0 amide bonds. The summed E-state index contributed by atoms with van der Waals surface area (Å²) in [6.07, 6.45) is 3.88. The van der Waals surface area contributed by atoms with Crippen molar-refractivity contribution in [3.05, 3.63) is 47.5 Å². The summed E-state index contributed by atoms with van der Waals surface area (Å²) in [5, 5.41) is 0. The third-order valence-electron chi connectivity index (χ3n) is 2.73. The zero-order chi connectivity index (χ0) is 10.6. The minimum absolute atomic E-state index is 0.146. The van der Waals surface area contributed by atoms with Gasteiger partial charge in [0.15, 0.2) is 0 Å². The Balaban J connectivity index is 2.83. The molecule has 0 aliphatic heterocycles. The quantitative estimate of drug-likeness (QED) is 0.723. The molecule has 14 heavy (non-hydrogen) atoms. The third kappa shape index (κ3) is 2.46. The fourth-order valence-corrected chi connectivity index (χ4v) is 1.63. The summed E-state index contributed by atoms with van der Waals surface area (Å²) in [4.78, 5) is 0. The first kappa shape index (κ1) is 11.0. The van der Waals surface area contributed by atoms with E-state index in [1.807, 2.05) is 6.08 Å². The molecule has 76 valence electrons. The van der Waals surface area contributed by atoms with Crippen LogP contribution < -0.4 is 5.73 Å². The monoisotopic (exact) mass is 189 g/mol. The van der Waals surface area contributed by atoms with Crippen LogP contribution in [0, 0.1) is 13.8 Å². The number of rotatable bonds is 4. The molecule has 0 unspecified atom stereocenters. The number of hydrogen-bond acceptors (Lipinski definition) is 1. The molecule has 1 heteroatoms. The summed E-state index contributed by atoms with van der Waals surface area (Å²) < 4.78 is 0. The van der Waals surface area contributed by atoms with Gasteiger partial charge in [-0.1, -0.05) is 24.3 Å². The van der Waals surface area contributed by atoms with E-state index in [2.05, 4.69) is 38.6 Å². The minimum atomic E-state index is 0.146. The summed E-state index contributed by atoms with van der Waals surface area (Å²) >= 11 is 0. The van der Waals surface area contributed by atoms with Crippen molar-refractivity contribution in [1.29, 1.82) is 0 Å². The highest BCUT2D eigenvalue weighted by Crippen LogP contribution is 2.21. The SMILES string of the molecule is C=CCC[C@@H](N)c1cccc(C)c1C. The highest BCUT2D eigenvalue weighted by molar-refractivity contribution is 5.35. The van der Waals surface area contributed by atoms with Gasteiger partial charge in [-0.2, -0.15) is 0 Å². The molecular weight excluding hydrogens is 170 g/mol. The van der Waals surface area contributed by atoms with Gasteiger partial charge in [0.2, 0.25) is 0 Å². The number of nitrogens with two attached hydrogens (primary N) is 1. The summed E-state index contributed by atoms with van der Waals surface area (Å²) in [5.74, 6) is 0. The molecule has 0 heterocycles. The fourth-order valence-electron chi connectivity index (χ4n) is 1.63. The Morgan fingerprint density at radius 3 is 2.79 bits per heavy atom. The molecule has 0 fully saturated rings. The number of benzene rings is 1. The first-order valence-electron chi connectivity index (χ1n) is 5.09. The molecule has 0 radical (unpaired) electrons. The van der Waals surface area contributed by atoms with Crippen LogP contribution in [0.1, 0.15) is 35.6 Å². The smallest absolute Gasteiger partial charge is 0.0300 e. The van der Waals surface area contributed by atoms with Crippen molar-refractivity contribution in [1.82, 2.24) is 0 Å². The van der Waals surface area contributed by atoms with Crippen LogP contribution in [0.3, 0.4) is 0 Å². The molecule has 1 aromatic rings. The summed E-state index contributed by atoms with van der Waals surface area (Å²) in [5.41, 5.74) is 10.0. The van der Waals surface area contributed by atoms with Crippen molar-refractivity contribution in [2.45, 2.75) is 32.7 Å². The number of hydrogen-bond donors (Lipinski definition) is 1. The van der Waals surface area contributed by atoms with Gasteiger partial charge in [0.05, 0.1) is 0 Å². The van der Waals surface area contributed by atoms with E-state index in [4.69, 9.17) is 5.73 Å². The van der Waals surface area contributed by atoms with Crippen LogP contribution in [0.2, 0.25) is 0 Å². The normalized spacial score (nSPS) is 12.5. The topological polar surface area (TPSA) is 26.0 Å². The van der Waals surface area contributed by atoms with E-state index in [1.165, 1.54) is 16.7 Å². The van der Waals surface area contributed by atoms with Crippen LogP contribution in [-0.4, -0.2) is 0 Å². The Morgan fingerprint density at radius 1 is 1.43 bits per heavy atom. The zero-order valence-electron chi connectivity index (χ0n) is 9.09. The van der Waals surface area contributed by atoms with E-state index < -0.39 is 0 Å². The molecule has 1 aromatic carbocycles. The third-order valence-corrected chi connectivity index (χ3v) is 2.73. The highest BCUT2D eigenvalue weighted by atomic mass is 14.6. The first-order valence-corrected chi connectivity index (χ1v) is 5.09. The summed E-state index contributed by atoms with van der Waals surface area (Å²) in [7, 11) is 0. The molecular formula is C13H19N. The Kier molecular flexibility index (Phi) is 3.90. The van der Waals surface area contributed by atoms with Gasteiger partial charge < -0.3 is 5.73 Å². The summed E-state index contributed by atoms with van der Waals surface area (Å²) in [6, 6.07) is 6.47. The van der Waals surface area contributed by atoms with Crippen molar-refractivity contribution in [2.24, 2.45) is 5.73 Å². The first-order chi connectivity index (χ1) is 6.66. The number of allylic oxidation sites excluding steroid dienone is 1. The van der Waals surface area contributed by atoms with E-state index in [0.29, 0.717) is 0 Å². The van der Waals surface area contributed by atoms with Gasteiger partial charge in [0.25, 0.3) is 0 Å². The molecule has 0 saturated heterocycles. The zero-order valence-corrected chi connectivity index (χ0v) is 9.09.